The maximum Gasteiger partial charge on any atom is 0.0542 e. The highest BCUT2D eigenvalue weighted by Gasteiger charge is 2.21. The number of pyridine rings is 1. The first kappa shape index (κ1) is 7.74. The maximum atomic E-state index is 5.50. The molecule has 0 saturated heterocycles. The van der Waals surface area contributed by atoms with Crippen LogP contribution in [0.4, 0.5) is 0 Å². The molecule has 64 valence electrons. The van der Waals surface area contributed by atoms with Gasteiger partial charge in [0.1, 0.15) is 0 Å². The third kappa shape index (κ3) is 1.83. The minimum absolute atomic E-state index is 0.554. The zero-order chi connectivity index (χ0) is 8.39. The van der Waals surface area contributed by atoms with Gasteiger partial charge in [0, 0.05) is 12.7 Å². The second kappa shape index (κ2) is 3.23. The molecule has 1 aliphatic carbocycles. The minimum Gasteiger partial charge on any atom is -0.325 e. The van der Waals surface area contributed by atoms with E-state index in [1.165, 1.54) is 24.8 Å². The summed E-state index contributed by atoms with van der Waals surface area (Å²) in [6, 6.07) is 4.22. The largest absolute Gasteiger partial charge is 0.325 e. The first-order valence-corrected chi connectivity index (χ1v) is 4.52. The van der Waals surface area contributed by atoms with Gasteiger partial charge in [-0.3, -0.25) is 4.98 Å². The van der Waals surface area contributed by atoms with E-state index < -0.39 is 0 Å². The van der Waals surface area contributed by atoms with Crippen molar-refractivity contribution < 1.29 is 0 Å². The van der Waals surface area contributed by atoms with E-state index in [9.17, 15) is 0 Å². The molecule has 2 nitrogen and oxygen atoms in total. The van der Waals surface area contributed by atoms with Gasteiger partial charge in [-0.2, -0.15) is 0 Å². The Labute approximate surface area is 72.8 Å². The van der Waals surface area contributed by atoms with Crippen LogP contribution >= 0.6 is 0 Å². The first-order valence-electron chi connectivity index (χ1n) is 4.52. The SMILES string of the molecule is NCc1cc(CC2CC2)ccn1. The molecule has 0 amide bonds. The molecule has 0 unspecified atom stereocenters. The van der Waals surface area contributed by atoms with Crippen LogP contribution in [0.5, 0.6) is 0 Å². The lowest BCUT2D eigenvalue weighted by Crippen LogP contribution is -2.00. The van der Waals surface area contributed by atoms with Crippen LogP contribution in [0.15, 0.2) is 18.3 Å². The zero-order valence-corrected chi connectivity index (χ0v) is 7.16. The van der Waals surface area contributed by atoms with Crippen molar-refractivity contribution in [2.45, 2.75) is 25.8 Å². The second-order valence-electron chi connectivity index (χ2n) is 3.51. The molecule has 0 aromatic carbocycles. The van der Waals surface area contributed by atoms with Crippen LogP contribution in [-0.4, -0.2) is 4.98 Å². The van der Waals surface area contributed by atoms with Gasteiger partial charge < -0.3 is 5.73 Å². The molecule has 2 rings (SSSR count). The maximum absolute atomic E-state index is 5.50. The number of nitrogens with zero attached hydrogens (tertiary/aromatic N) is 1. The average molecular weight is 162 g/mol. The van der Waals surface area contributed by atoms with Crippen LogP contribution in [0.2, 0.25) is 0 Å². The van der Waals surface area contributed by atoms with E-state index in [-0.39, 0.29) is 0 Å². The van der Waals surface area contributed by atoms with Crippen molar-refractivity contribution in [3.05, 3.63) is 29.6 Å². The van der Waals surface area contributed by atoms with Crippen LogP contribution in [0, 0.1) is 5.92 Å². The van der Waals surface area contributed by atoms with E-state index in [0.29, 0.717) is 6.54 Å². The molecule has 0 bridgehead atoms. The number of nitrogens with two attached hydrogens (primary N) is 1. The topological polar surface area (TPSA) is 38.9 Å². The fourth-order valence-corrected chi connectivity index (χ4v) is 1.42. The molecule has 2 heteroatoms. The summed E-state index contributed by atoms with van der Waals surface area (Å²) >= 11 is 0. The number of rotatable bonds is 3. The number of aromatic nitrogens is 1. The molecule has 0 spiro atoms. The lowest BCUT2D eigenvalue weighted by molar-refractivity contribution is 0.824. The molecule has 12 heavy (non-hydrogen) atoms. The molecule has 0 atom stereocenters. The molecule has 1 fully saturated rings. The molecular weight excluding hydrogens is 148 g/mol. The number of hydrogen-bond donors (Lipinski definition) is 1. The molecule has 1 aliphatic rings. The van der Waals surface area contributed by atoms with E-state index >= 15 is 0 Å². The third-order valence-electron chi connectivity index (χ3n) is 2.31. The monoisotopic (exact) mass is 162 g/mol. The van der Waals surface area contributed by atoms with Gasteiger partial charge in [-0.1, -0.05) is 0 Å². The summed E-state index contributed by atoms with van der Waals surface area (Å²) in [5, 5.41) is 0. The average Bonchev–Trinajstić information content (AvgIpc) is 2.89. The van der Waals surface area contributed by atoms with Crippen LogP contribution in [0.25, 0.3) is 0 Å². The van der Waals surface area contributed by atoms with Gasteiger partial charge in [0.05, 0.1) is 5.69 Å². The number of hydrogen-bond acceptors (Lipinski definition) is 2. The van der Waals surface area contributed by atoms with Crippen LogP contribution in [-0.2, 0) is 13.0 Å². The Hall–Kier alpha value is -0.890. The fraction of sp³-hybridized carbons (Fsp3) is 0.500. The van der Waals surface area contributed by atoms with Gasteiger partial charge in [-0.15, -0.1) is 0 Å². The Balaban J connectivity index is 2.08. The molecule has 0 aliphatic heterocycles. The van der Waals surface area contributed by atoms with Crippen molar-refractivity contribution in [2.75, 3.05) is 0 Å². The quantitative estimate of drug-likeness (QED) is 0.731. The predicted octanol–water partition coefficient (Wildman–Crippen LogP) is 1.49. The third-order valence-corrected chi connectivity index (χ3v) is 2.31. The highest BCUT2D eigenvalue weighted by Crippen LogP contribution is 2.32. The zero-order valence-electron chi connectivity index (χ0n) is 7.16. The van der Waals surface area contributed by atoms with Crippen molar-refractivity contribution >= 4 is 0 Å². The molecular formula is C10H14N2. The van der Waals surface area contributed by atoms with Gasteiger partial charge >= 0.3 is 0 Å². The molecule has 1 aromatic heterocycles. The van der Waals surface area contributed by atoms with Crippen LogP contribution in [0.1, 0.15) is 24.1 Å². The normalized spacial score (nSPS) is 16.4. The summed E-state index contributed by atoms with van der Waals surface area (Å²) in [6.45, 7) is 0.554. The minimum atomic E-state index is 0.554. The summed E-state index contributed by atoms with van der Waals surface area (Å²) in [7, 11) is 0. The van der Waals surface area contributed by atoms with Gasteiger partial charge in [0.25, 0.3) is 0 Å². The van der Waals surface area contributed by atoms with Crippen LogP contribution < -0.4 is 5.73 Å². The van der Waals surface area contributed by atoms with Crippen LogP contribution in [0.3, 0.4) is 0 Å². The Morgan fingerprint density at radius 1 is 1.50 bits per heavy atom. The van der Waals surface area contributed by atoms with Crippen molar-refractivity contribution in [3.63, 3.8) is 0 Å². The van der Waals surface area contributed by atoms with E-state index in [1.807, 2.05) is 6.20 Å². The fourth-order valence-electron chi connectivity index (χ4n) is 1.42. The predicted molar refractivity (Wildman–Crippen MR) is 48.6 cm³/mol. The standard InChI is InChI=1S/C10H14N2/c11-7-10-6-9(3-4-12-10)5-8-1-2-8/h3-4,6,8H,1-2,5,7,11H2. The van der Waals surface area contributed by atoms with E-state index in [2.05, 4.69) is 17.1 Å². The Morgan fingerprint density at radius 3 is 3.00 bits per heavy atom. The lowest BCUT2D eigenvalue weighted by atomic mass is 10.1. The Bertz CT molecular complexity index is 266. The van der Waals surface area contributed by atoms with E-state index in [0.717, 1.165) is 11.6 Å². The molecule has 0 radical (unpaired) electrons. The van der Waals surface area contributed by atoms with Crippen molar-refractivity contribution in [1.82, 2.24) is 4.98 Å². The van der Waals surface area contributed by atoms with Gasteiger partial charge in [-0.05, 0) is 42.9 Å². The second-order valence-corrected chi connectivity index (χ2v) is 3.51. The molecule has 1 saturated carbocycles. The van der Waals surface area contributed by atoms with E-state index in [4.69, 9.17) is 5.73 Å². The smallest absolute Gasteiger partial charge is 0.0542 e. The van der Waals surface area contributed by atoms with Crippen molar-refractivity contribution in [2.24, 2.45) is 11.7 Å². The molecule has 1 heterocycles. The summed E-state index contributed by atoms with van der Waals surface area (Å²) in [4.78, 5) is 4.16. The lowest BCUT2D eigenvalue weighted by Gasteiger charge is -2.00. The van der Waals surface area contributed by atoms with Gasteiger partial charge in [0.2, 0.25) is 0 Å². The van der Waals surface area contributed by atoms with Crippen molar-refractivity contribution in [1.29, 1.82) is 0 Å². The molecule has 1 aromatic rings. The van der Waals surface area contributed by atoms with Gasteiger partial charge in [-0.25, -0.2) is 0 Å². The summed E-state index contributed by atoms with van der Waals surface area (Å²) in [6.07, 6.45) is 5.88. The van der Waals surface area contributed by atoms with Crippen molar-refractivity contribution in [3.8, 4) is 0 Å². The highest BCUT2D eigenvalue weighted by molar-refractivity contribution is 5.17. The Morgan fingerprint density at radius 2 is 2.33 bits per heavy atom. The summed E-state index contributed by atoms with van der Waals surface area (Å²) < 4.78 is 0. The summed E-state index contributed by atoms with van der Waals surface area (Å²) in [5.41, 5.74) is 7.91. The Kier molecular flexibility index (Phi) is 2.09. The molecule has 2 N–H and O–H groups in total. The highest BCUT2D eigenvalue weighted by atomic mass is 14.7. The first-order chi connectivity index (χ1) is 5.88. The van der Waals surface area contributed by atoms with E-state index in [1.54, 1.807) is 0 Å². The van der Waals surface area contributed by atoms with Gasteiger partial charge in [0.15, 0.2) is 0 Å². The summed E-state index contributed by atoms with van der Waals surface area (Å²) in [5.74, 6) is 0.943.